The summed E-state index contributed by atoms with van der Waals surface area (Å²) in [6, 6.07) is 6.84. The topological polar surface area (TPSA) is 63.9 Å². The van der Waals surface area contributed by atoms with Gasteiger partial charge in [0.1, 0.15) is 16.0 Å². The van der Waals surface area contributed by atoms with Gasteiger partial charge in [-0.3, -0.25) is 15.2 Å². The summed E-state index contributed by atoms with van der Waals surface area (Å²) in [6.45, 7) is 0. The molecular weight excluding hydrogens is 264 g/mol. The van der Waals surface area contributed by atoms with Gasteiger partial charge in [-0.2, -0.15) is 0 Å². The van der Waals surface area contributed by atoms with E-state index < -0.39 is 11.3 Å². The summed E-state index contributed by atoms with van der Waals surface area (Å²) in [6.07, 6.45) is -2.71. The van der Waals surface area contributed by atoms with E-state index in [4.69, 9.17) is 12.2 Å². The second-order valence-corrected chi connectivity index (χ2v) is 3.85. The van der Waals surface area contributed by atoms with Crippen molar-refractivity contribution in [3.8, 4) is 5.69 Å². The van der Waals surface area contributed by atoms with Crippen LogP contribution in [0.25, 0.3) is 5.69 Å². The van der Waals surface area contributed by atoms with Gasteiger partial charge in [0.05, 0.1) is 4.92 Å². The van der Waals surface area contributed by atoms with Crippen LogP contribution in [0.5, 0.6) is 0 Å². The van der Waals surface area contributed by atoms with Crippen LogP contribution in [0.2, 0.25) is 0 Å². The minimum atomic E-state index is -2.71. The van der Waals surface area contributed by atoms with Crippen LogP contribution in [0.3, 0.4) is 0 Å². The third-order valence-corrected chi connectivity index (χ3v) is 2.60. The van der Waals surface area contributed by atoms with Crippen molar-refractivity contribution in [2.24, 2.45) is 0 Å². The Morgan fingerprint density at radius 2 is 2.06 bits per heavy atom. The molecule has 0 atom stereocenters. The SMILES string of the molecule is O=[N+]([O-])c1ccccc1-n1[nH]c(C(F)F)cc1=S. The molecule has 0 fully saturated rings. The zero-order chi connectivity index (χ0) is 13.3. The van der Waals surface area contributed by atoms with E-state index in [0.29, 0.717) is 0 Å². The van der Waals surface area contributed by atoms with Crippen molar-refractivity contribution < 1.29 is 13.7 Å². The Hall–Kier alpha value is -2.09. The van der Waals surface area contributed by atoms with E-state index in [2.05, 4.69) is 5.10 Å². The van der Waals surface area contributed by atoms with Crippen LogP contribution in [-0.2, 0) is 0 Å². The summed E-state index contributed by atoms with van der Waals surface area (Å²) in [5, 5.41) is 13.2. The Balaban J connectivity index is 2.62. The lowest BCUT2D eigenvalue weighted by molar-refractivity contribution is -0.384. The Bertz CT molecular complexity index is 651. The number of nitrogens with zero attached hydrogens (tertiary/aromatic N) is 2. The van der Waals surface area contributed by atoms with Crippen LogP contribution in [0.1, 0.15) is 12.1 Å². The van der Waals surface area contributed by atoms with Crippen LogP contribution < -0.4 is 0 Å². The quantitative estimate of drug-likeness (QED) is 0.528. The maximum absolute atomic E-state index is 12.5. The molecule has 0 saturated heterocycles. The van der Waals surface area contributed by atoms with Crippen LogP contribution in [0.15, 0.2) is 30.3 Å². The van der Waals surface area contributed by atoms with Gasteiger partial charge in [0.25, 0.3) is 12.1 Å². The maximum Gasteiger partial charge on any atom is 0.294 e. The molecule has 5 nitrogen and oxygen atoms in total. The molecule has 18 heavy (non-hydrogen) atoms. The number of benzene rings is 1. The fraction of sp³-hybridized carbons (Fsp3) is 0.100. The van der Waals surface area contributed by atoms with Crippen LogP contribution in [-0.4, -0.2) is 14.7 Å². The van der Waals surface area contributed by atoms with E-state index in [9.17, 15) is 18.9 Å². The molecular formula is C10H7F2N3O2S. The number of para-hydroxylation sites is 2. The minimum Gasteiger partial charge on any atom is -0.291 e. The summed E-state index contributed by atoms with van der Waals surface area (Å²) in [7, 11) is 0. The van der Waals surface area contributed by atoms with Gasteiger partial charge < -0.3 is 0 Å². The zero-order valence-electron chi connectivity index (χ0n) is 8.84. The number of aromatic nitrogens is 2. The average molecular weight is 271 g/mol. The second-order valence-electron chi connectivity index (χ2n) is 3.43. The number of nitrogens with one attached hydrogen (secondary N) is 1. The van der Waals surface area contributed by atoms with Gasteiger partial charge in [-0.1, -0.05) is 24.4 Å². The number of H-pyrrole nitrogens is 1. The summed E-state index contributed by atoms with van der Waals surface area (Å²) in [5.41, 5.74) is -0.464. The van der Waals surface area contributed by atoms with Gasteiger partial charge in [0.2, 0.25) is 0 Å². The standard InChI is InChI=1S/C10H7F2N3O2S/c11-10(12)6-5-9(18)14(13-6)7-3-1-2-4-8(7)15(16)17/h1-5,10,13H. The number of nitro benzene ring substituents is 1. The number of rotatable bonds is 3. The lowest BCUT2D eigenvalue weighted by atomic mass is 10.3. The number of nitro groups is 1. The van der Waals surface area contributed by atoms with Crippen molar-refractivity contribution in [2.75, 3.05) is 0 Å². The fourth-order valence-electron chi connectivity index (χ4n) is 1.51. The number of hydrogen-bond donors (Lipinski definition) is 1. The predicted octanol–water partition coefficient (Wildman–Crippen LogP) is 3.38. The molecule has 1 N–H and O–H groups in total. The van der Waals surface area contributed by atoms with Gasteiger partial charge in [-0.25, -0.2) is 13.5 Å². The zero-order valence-corrected chi connectivity index (χ0v) is 9.66. The Kier molecular flexibility index (Phi) is 3.19. The first kappa shape index (κ1) is 12.4. The summed E-state index contributed by atoms with van der Waals surface area (Å²) in [4.78, 5) is 10.2. The van der Waals surface area contributed by atoms with Crippen molar-refractivity contribution in [3.05, 3.63) is 50.8 Å². The highest BCUT2D eigenvalue weighted by atomic mass is 32.1. The first-order valence-corrected chi connectivity index (χ1v) is 5.25. The fourth-order valence-corrected chi connectivity index (χ4v) is 1.78. The van der Waals surface area contributed by atoms with Crippen molar-refractivity contribution in [2.45, 2.75) is 6.43 Å². The van der Waals surface area contributed by atoms with Gasteiger partial charge in [0.15, 0.2) is 0 Å². The summed E-state index contributed by atoms with van der Waals surface area (Å²) < 4.78 is 26.2. The van der Waals surface area contributed by atoms with E-state index in [1.807, 2.05) is 0 Å². The molecule has 1 aromatic heterocycles. The second kappa shape index (κ2) is 4.65. The van der Waals surface area contributed by atoms with Crippen LogP contribution in [0.4, 0.5) is 14.5 Å². The number of aromatic amines is 1. The highest BCUT2D eigenvalue weighted by Crippen LogP contribution is 2.24. The van der Waals surface area contributed by atoms with Crippen molar-refractivity contribution in [1.82, 2.24) is 9.78 Å². The average Bonchev–Trinajstić information content (AvgIpc) is 2.71. The molecule has 0 bridgehead atoms. The first-order valence-electron chi connectivity index (χ1n) is 4.84. The molecule has 0 spiro atoms. The third-order valence-electron chi connectivity index (χ3n) is 2.29. The third kappa shape index (κ3) is 2.14. The molecule has 94 valence electrons. The van der Waals surface area contributed by atoms with E-state index in [-0.39, 0.29) is 21.7 Å². The predicted molar refractivity (Wildman–Crippen MR) is 62.6 cm³/mol. The van der Waals surface area contributed by atoms with Crippen molar-refractivity contribution in [3.63, 3.8) is 0 Å². The maximum atomic E-state index is 12.5. The minimum absolute atomic E-state index is 0.0552. The Morgan fingerprint density at radius 3 is 2.61 bits per heavy atom. The van der Waals surface area contributed by atoms with Gasteiger partial charge >= 0.3 is 0 Å². The van der Waals surface area contributed by atoms with Gasteiger partial charge in [-0.15, -0.1) is 0 Å². The van der Waals surface area contributed by atoms with Crippen LogP contribution in [0, 0.1) is 14.8 Å². The summed E-state index contributed by atoms with van der Waals surface area (Å²) >= 11 is 4.90. The molecule has 8 heteroatoms. The highest BCUT2D eigenvalue weighted by Gasteiger charge is 2.17. The van der Waals surface area contributed by atoms with E-state index in [1.54, 1.807) is 6.07 Å². The number of hydrogen-bond acceptors (Lipinski definition) is 3. The molecule has 2 rings (SSSR count). The lowest BCUT2D eigenvalue weighted by Gasteiger charge is -2.03. The Morgan fingerprint density at radius 1 is 1.39 bits per heavy atom. The Labute approximate surface area is 105 Å². The van der Waals surface area contributed by atoms with E-state index in [1.165, 1.54) is 18.2 Å². The summed E-state index contributed by atoms with van der Waals surface area (Å²) in [5.74, 6) is 0. The van der Waals surface area contributed by atoms with E-state index >= 15 is 0 Å². The monoisotopic (exact) mass is 271 g/mol. The van der Waals surface area contributed by atoms with Crippen molar-refractivity contribution in [1.29, 1.82) is 0 Å². The van der Waals surface area contributed by atoms with Crippen LogP contribution >= 0.6 is 12.2 Å². The molecule has 2 aromatic rings. The first-order chi connectivity index (χ1) is 8.50. The van der Waals surface area contributed by atoms with Gasteiger partial charge in [-0.05, 0) is 6.07 Å². The molecule has 0 aliphatic heterocycles. The molecule has 0 saturated carbocycles. The molecule has 0 radical (unpaired) electrons. The smallest absolute Gasteiger partial charge is 0.291 e. The van der Waals surface area contributed by atoms with Gasteiger partial charge in [0, 0.05) is 12.1 Å². The largest absolute Gasteiger partial charge is 0.294 e. The molecule has 1 heterocycles. The van der Waals surface area contributed by atoms with Crippen molar-refractivity contribution >= 4 is 17.9 Å². The molecule has 1 aromatic carbocycles. The molecule has 0 aliphatic carbocycles. The lowest BCUT2D eigenvalue weighted by Crippen LogP contribution is -2.02. The molecule has 0 aliphatic rings. The number of halogens is 2. The highest BCUT2D eigenvalue weighted by molar-refractivity contribution is 7.71. The molecule has 0 unspecified atom stereocenters. The number of alkyl halides is 2. The molecule has 0 amide bonds. The van der Waals surface area contributed by atoms with E-state index in [0.717, 1.165) is 10.7 Å². The normalized spacial score (nSPS) is 10.8.